The largest absolute Gasteiger partial charge is 0.433 e. The van der Waals surface area contributed by atoms with Gasteiger partial charge in [0.2, 0.25) is 10.0 Å². The Morgan fingerprint density at radius 3 is 2.52 bits per heavy atom. The summed E-state index contributed by atoms with van der Waals surface area (Å²) in [5, 5.41) is 0. The maximum atomic E-state index is 12.6. The molecule has 0 amide bonds. The van der Waals surface area contributed by atoms with Gasteiger partial charge in [0, 0.05) is 25.4 Å². The second kappa shape index (κ2) is 5.92. The highest BCUT2D eigenvalue weighted by Gasteiger charge is 2.34. The van der Waals surface area contributed by atoms with Gasteiger partial charge in [0.05, 0.1) is 18.6 Å². The molecule has 1 aliphatic heterocycles. The second-order valence-corrected chi connectivity index (χ2v) is 7.49. The molecule has 3 heterocycles. The van der Waals surface area contributed by atoms with Gasteiger partial charge in [-0.25, -0.2) is 13.4 Å². The fraction of sp³-hybridized carbons (Fsp3) is 0.357. The lowest BCUT2D eigenvalue weighted by atomic mass is 10.1. The van der Waals surface area contributed by atoms with Gasteiger partial charge in [0.25, 0.3) is 5.56 Å². The summed E-state index contributed by atoms with van der Waals surface area (Å²) in [5.74, 6) is 0. The highest BCUT2D eigenvalue weighted by Crippen LogP contribution is 2.29. The van der Waals surface area contributed by atoms with Crippen LogP contribution in [-0.2, 0) is 36.2 Å². The van der Waals surface area contributed by atoms with E-state index >= 15 is 0 Å². The standard InChI is InChI=1S/C14H13F3N4O3S/c1-20-8-19-11-7-21(5-4-10(11)13(20)22)25(23,24)9-2-3-12(18-6-9)14(15,16)17/h2-3,6,8H,4-5,7H2,1H3. The number of rotatable bonds is 2. The summed E-state index contributed by atoms with van der Waals surface area (Å²) < 4.78 is 65.2. The molecule has 0 saturated carbocycles. The summed E-state index contributed by atoms with van der Waals surface area (Å²) in [5.41, 5.74) is -0.612. The van der Waals surface area contributed by atoms with Crippen LogP contribution in [0.1, 0.15) is 17.0 Å². The quantitative estimate of drug-likeness (QED) is 0.781. The molecule has 0 radical (unpaired) electrons. The van der Waals surface area contributed by atoms with Crippen molar-refractivity contribution in [3.8, 4) is 0 Å². The predicted molar refractivity (Wildman–Crippen MR) is 80.0 cm³/mol. The van der Waals surface area contributed by atoms with Crippen molar-refractivity contribution >= 4 is 10.0 Å². The molecule has 25 heavy (non-hydrogen) atoms. The van der Waals surface area contributed by atoms with E-state index in [2.05, 4.69) is 9.97 Å². The molecule has 134 valence electrons. The molecule has 0 aliphatic carbocycles. The number of halogens is 3. The van der Waals surface area contributed by atoms with Crippen LogP contribution in [0.25, 0.3) is 0 Å². The normalized spacial score (nSPS) is 15.8. The zero-order valence-electron chi connectivity index (χ0n) is 13.0. The molecule has 11 heteroatoms. The molecule has 0 atom stereocenters. The minimum Gasteiger partial charge on any atom is -0.302 e. The molecule has 0 aromatic carbocycles. The number of hydrogen-bond donors (Lipinski definition) is 0. The van der Waals surface area contributed by atoms with E-state index in [4.69, 9.17) is 0 Å². The Morgan fingerprint density at radius 1 is 1.20 bits per heavy atom. The van der Waals surface area contributed by atoms with Gasteiger partial charge in [-0.2, -0.15) is 17.5 Å². The van der Waals surface area contributed by atoms with Crippen LogP contribution in [0, 0.1) is 0 Å². The smallest absolute Gasteiger partial charge is 0.302 e. The Morgan fingerprint density at radius 2 is 1.92 bits per heavy atom. The maximum Gasteiger partial charge on any atom is 0.433 e. The number of aryl methyl sites for hydroxylation is 1. The van der Waals surface area contributed by atoms with Gasteiger partial charge in [-0.1, -0.05) is 0 Å². The molecule has 0 unspecified atom stereocenters. The van der Waals surface area contributed by atoms with Gasteiger partial charge in [-0.15, -0.1) is 0 Å². The van der Waals surface area contributed by atoms with E-state index in [1.165, 1.54) is 10.9 Å². The molecular formula is C14H13F3N4O3S. The predicted octanol–water partition coefficient (Wildman–Crippen LogP) is 0.941. The third-order valence-corrected chi connectivity index (χ3v) is 5.74. The fourth-order valence-electron chi connectivity index (χ4n) is 2.55. The second-order valence-electron chi connectivity index (χ2n) is 5.55. The Bertz CT molecular complexity index is 968. The van der Waals surface area contributed by atoms with E-state index in [0.29, 0.717) is 23.5 Å². The molecule has 7 nitrogen and oxygen atoms in total. The van der Waals surface area contributed by atoms with E-state index < -0.39 is 21.9 Å². The summed E-state index contributed by atoms with van der Waals surface area (Å²) >= 11 is 0. The first-order valence-corrected chi connectivity index (χ1v) is 8.61. The number of nitrogens with zero attached hydrogens (tertiary/aromatic N) is 4. The van der Waals surface area contributed by atoms with E-state index in [1.54, 1.807) is 7.05 Å². The molecule has 1 aliphatic rings. The highest BCUT2D eigenvalue weighted by molar-refractivity contribution is 7.89. The van der Waals surface area contributed by atoms with Crippen molar-refractivity contribution < 1.29 is 21.6 Å². The lowest BCUT2D eigenvalue weighted by molar-refractivity contribution is -0.141. The SMILES string of the molecule is Cn1cnc2c(c1=O)CCN(S(=O)(=O)c1ccc(C(F)(F)F)nc1)C2. The highest BCUT2D eigenvalue weighted by atomic mass is 32.2. The monoisotopic (exact) mass is 374 g/mol. The average molecular weight is 374 g/mol. The van der Waals surface area contributed by atoms with E-state index in [1.807, 2.05) is 0 Å². The van der Waals surface area contributed by atoms with Gasteiger partial charge in [0.1, 0.15) is 10.6 Å². The number of fused-ring (bicyclic) bond motifs is 1. The number of aromatic nitrogens is 3. The first-order chi connectivity index (χ1) is 11.6. The van der Waals surface area contributed by atoms with Crippen LogP contribution in [0.4, 0.5) is 13.2 Å². The summed E-state index contributed by atoms with van der Waals surface area (Å²) in [7, 11) is -2.49. The van der Waals surface area contributed by atoms with Crippen LogP contribution in [0.3, 0.4) is 0 Å². The minimum atomic E-state index is -4.64. The summed E-state index contributed by atoms with van der Waals surface area (Å²) in [6.07, 6.45) is -2.47. The van der Waals surface area contributed by atoms with Crippen molar-refractivity contribution in [2.45, 2.75) is 24.0 Å². The molecule has 2 aromatic heterocycles. The van der Waals surface area contributed by atoms with Crippen molar-refractivity contribution in [1.82, 2.24) is 18.8 Å². The van der Waals surface area contributed by atoms with Crippen LogP contribution < -0.4 is 5.56 Å². The van der Waals surface area contributed by atoms with E-state index in [-0.39, 0.29) is 30.0 Å². The number of hydrogen-bond acceptors (Lipinski definition) is 5. The van der Waals surface area contributed by atoms with Gasteiger partial charge < -0.3 is 4.57 Å². The number of pyridine rings is 1. The molecular weight excluding hydrogens is 361 g/mol. The lowest BCUT2D eigenvalue weighted by Gasteiger charge is -2.27. The number of alkyl halides is 3. The minimum absolute atomic E-state index is 0.0390. The third kappa shape index (κ3) is 3.16. The summed E-state index contributed by atoms with van der Waals surface area (Å²) in [6, 6.07) is 1.50. The zero-order valence-corrected chi connectivity index (χ0v) is 13.8. The van der Waals surface area contributed by atoms with Gasteiger partial charge in [-0.3, -0.25) is 9.78 Å². The Labute approximate surface area is 140 Å². The van der Waals surface area contributed by atoms with Crippen LogP contribution in [0.15, 0.2) is 34.3 Å². The molecule has 0 fully saturated rings. The van der Waals surface area contributed by atoms with Gasteiger partial charge in [-0.05, 0) is 18.6 Å². The van der Waals surface area contributed by atoms with Crippen LogP contribution >= 0.6 is 0 Å². The molecule has 0 bridgehead atoms. The van der Waals surface area contributed by atoms with Gasteiger partial charge >= 0.3 is 6.18 Å². The fourth-order valence-corrected chi connectivity index (χ4v) is 3.90. The van der Waals surface area contributed by atoms with Crippen molar-refractivity contribution in [2.24, 2.45) is 7.05 Å². The molecule has 0 saturated heterocycles. The molecule has 3 rings (SSSR count). The molecule has 2 aromatic rings. The van der Waals surface area contributed by atoms with E-state index in [0.717, 1.165) is 10.4 Å². The average Bonchev–Trinajstić information content (AvgIpc) is 2.57. The summed E-state index contributed by atoms with van der Waals surface area (Å²) in [4.78, 5) is 18.9. The van der Waals surface area contributed by atoms with Crippen molar-refractivity contribution in [3.63, 3.8) is 0 Å². The summed E-state index contributed by atoms with van der Waals surface area (Å²) in [6.45, 7) is -0.0773. The first-order valence-electron chi connectivity index (χ1n) is 7.17. The Balaban J connectivity index is 1.91. The maximum absolute atomic E-state index is 12.6. The topological polar surface area (TPSA) is 85.2 Å². The van der Waals surface area contributed by atoms with Crippen LogP contribution in [-0.4, -0.2) is 33.8 Å². The van der Waals surface area contributed by atoms with Crippen molar-refractivity contribution in [1.29, 1.82) is 0 Å². The van der Waals surface area contributed by atoms with Crippen molar-refractivity contribution in [2.75, 3.05) is 6.54 Å². The first kappa shape index (κ1) is 17.5. The van der Waals surface area contributed by atoms with E-state index in [9.17, 15) is 26.4 Å². The number of sulfonamides is 1. The third-order valence-electron chi connectivity index (χ3n) is 3.92. The van der Waals surface area contributed by atoms with Crippen LogP contribution in [0.5, 0.6) is 0 Å². The molecule has 0 N–H and O–H groups in total. The zero-order chi connectivity index (χ0) is 18.4. The van der Waals surface area contributed by atoms with Gasteiger partial charge in [0.15, 0.2) is 0 Å². The molecule has 0 spiro atoms. The Hall–Kier alpha value is -2.27. The van der Waals surface area contributed by atoms with Crippen LogP contribution in [0.2, 0.25) is 0 Å². The lowest BCUT2D eigenvalue weighted by Crippen LogP contribution is -2.40. The Kier molecular flexibility index (Phi) is 4.15. The van der Waals surface area contributed by atoms with Crippen molar-refractivity contribution in [3.05, 3.63) is 52.0 Å².